The molecule has 0 spiro atoms. The van der Waals surface area contributed by atoms with Gasteiger partial charge in [0, 0.05) is 49.5 Å². The molecule has 1 aromatic carbocycles. The number of rotatable bonds is 7. The maximum Gasteiger partial charge on any atom is 0.226 e. The molecule has 2 aromatic heterocycles. The number of carbonyl (C=O) groups is 1. The first kappa shape index (κ1) is 17.9. The van der Waals surface area contributed by atoms with Gasteiger partial charge in [0.25, 0.3) is 0 Å². The Hall–Kier alpha value is -2.44. The minimum atomic E-state index is 0.0537. The van der Waals surface area contributed by atoms with E-state index in [4.69, 9.17) is 0 Å². The van der Waals surface area contributed by atoms with Crippen LogP contribution in [0.4, 0.5) is 0 Å². The number of fused-ring (bicyclic) bond motifs is 1. The van der Waals surface area contributed by atoms with Crippen molar-refractivity contribution in [2.75, 3.05) is 19.6 Å². The summed E-state index contributed by atoms with van der Waals surface area (Å²) in [5.74, 6) is 0.0537. The Morgan fingerprint density at radius 1 is 1.22 bits per heavy atom. The summed E-state index contributed by atoms with van der Waals surface area (Å²) >= 11 is 1.86. The summed E-state index contributed by atoms with van der Waals surface area (Å²) in [6.07, 6.45) is 5.06. The lowest BCUT2D eigenvalue weighted by Gasteiger charge is -2.26. The van der Waals surface area contributed by atoms with Crippen LogP contribution in [0.5, 0.6) is 0 Å². The lowest BCUT2D eigenvalue weighted by Crippen LogP contribution is -2.38. The molecule has 0 aliphatic carbocycles. The molecule has 0 atom stereocenters. The largest absolute Gasteiger partial charge is 0.354 e. The summed E-state index contributed by atoms with van der Waals surface area (Å²) in [6.45, 7) is 4.39. The number of carbonyl (C=O) groups excluding carboxylic acids is 1. The van der Waals surface area contributed by atoms with Crippen LogP contribution in [0, 0.1) is 0 Å². The molecule has 0 fully saturated rings. The van der Waals surface area contributed by atoms with E-state index in [1.54, 1.807) is 12.5 Å². The molecule has 0 bridgehead atoms. The number of benzene rings is 1. The van der Waals surface area contributed by atoms with Gasteiger partial charge in [0.05, 0.1) is 12.7 Å². The summed E-state index contributed by atoms with van der Waals surface area (Å²) in [7, 11) is 0. The van der Waals surface area contributed by atoms with Gasteiger partial charge in [-0.15, -0.1) is 11.3 Å². The highest BCUT2D eigenvalue weighted by Crippen LogP contribution is 2.23. The third-order valence-electron chi connectivity index (χ3n) is 4.97. The predicted octanol–water partition coefficient (Wildman–Crippen LogP) is 2.71. The number of thiophene rings is 1. The van der Waals surface area contributed by atoms with E-state index in [1.807, 2.05) is 34.1 Å². The number of nitrogens with zero attached hydrogens (tertiary/aromatic N) is 3. The molecular weight excluding hydrogens is 356 g/mol. The van der Waals surface area contributed by atoms with E-state index in [-0.39, 0.29) is 5.91 Å². The Labute approximate surface area is 163 Å². The first-order valence-electron chi connectivity index (χ1n) is 9.35. The standard InChI is InChI=1S/C21H24N4OS/c26-21(23-8-10-24-9-6-20-18(15-24)7-11-27-20)12-19-13-22-16-25(19)14-17-4-2-1-3-5-17/h1-5,7,11,13,16H,6,8-10,12,14-15H2,(H,23,26). The van der Waals surface area contributed by atoms with E-state index in [1.165, 1.54) is 16.0 Å². The zero-order valence-electron chi connectivity index (χ0n) is 15.3. The number of nitrogens with one attached hydrogen (secondary N) is 1. The molecule has 3 heterocycles. The molecule has 6 heteroatoms. The van der Waals surface area contributed by atoms with Crippen molar-refractivity contribution in [1.82, 2.24) is 19.8 Å². The number of hydrogen-bond donors (Lipinski definition) is 1. The summed E-state index contributed by atoms with van der Waals surface area (Å²) in [5, 5.41) is 5.23. The van der Waals surface area contributed by atoms with Crippen molar-refractivity contribution < 1.29 is 4.79 Å². The van der Waals surface area contributed by atoms with E-state index in [0.717, 1.165) is 38.3 Å². The lowest BCUT2D eigenvalue weighted by atomic mass is 10.1. The van der Waals surface area contributed by atoms with Gasteiger partial charge in [-0.25, -0.2) is 4.98 Å². The van der Waals surface area contributed by atoms with Crippen molar-refractivity contribution in [3.8, 4) is 0 Å². The SMILES string of the molecule is O=C(Cc1cncn1Cc1ccccc1)NCCN1CCc2sccc2C1. The molecule has 4 rings (SSSR count). The average Bonchev–Trinajstić information content (AvgIpc) is 3.32. The number of aromatic nitrogens is 2. The van der Waals surface area contributed by atoms with Crippen LogP contribution in [0.15, 0.2) is 54.3 Å². The molecule has 1 N–H and O–H groups in total. The fraction of sp³-hybridized carbons (Fsp3) is 0.333. The maximum absolute atomic E-state index is 12.3. The van der Waals surface area contributed by atoms with Crippen LogP contribution in [0.1, 0.15) is 21.7 Å². The highest BCUT2D eigenvalue weighted by atomic mass is 32.1. The van der Waals surface area contributed by atoms with Gasteiger partial charge in [-0.05, 0) is 29.0 Å². The number of hydrogen-bond acceptors (Lipinski definition) is 4. The normalized spacial score (nSPS) is 14.1. The molecule has 3 aromatic rings. The van der Waals surface area contributed by atoms with E-state index in [9.17, 15) is 4.79 Å². The monoisotopic (exact) mass is 380 g/mol. The fourth-order valence-electron chi connectivity index (χ4n) is 3.50. The van der Waals surface area contributed by atoms with E-state index < -0.39 is 0 Å². The van der Waals surface area contributed by atoms with Gasteiger partial charge in [-0.3, -0.25) is 9.69 Å². The van der Waals surface area contributed by atoms with Crippen LogP contribution >= 0.6 is 11.3 Å². The van der Waals surface area contributed by atoms with Gasteiger partial charge < -0.3 is 9.88 Å². The first-order valence-corrected chi connectivity index (χ1v) is 10.2. The molecule has 0 radical (unpaired) electrons. The predicted molar refractivity (Wildman–Crippen MR) is 108 cm³/mol. The zero-order chi connectivity index (χ0) is 18.5. The average molecular weight is 381 g/mol. The van der Waals surface area contributed by atoms with Crippen molar-refractivity contribution in [1.29, 1.82) is 0 Å². The van der Waals surface area contributed by atoms with Crippen LogP contribution in [-0.2, 0) is 30.7 Å². The van der Waals surface area contributed by atoms with Gasteiger partial charge in [-0.1, -0.05) is 30.3 Å². The smallest absolute Gasteiger partial charge is 0.226 e. The van der Waals surface area contributed by atoms with Crippen LogP contribution in [-0.4, -0.2) is 40.0 Å². The van der Waals surface area contributed by atoms with Crippen molar-refractivity contribution in [3.63, 3.8) is 0 Å². The molecule has 140 valence electrons. The van der Waals surface area contributed by atoms with E-state index >= 15 is 0 Å². The summed E-state index contributed by atoms with van der Waals surface area (Å²) in [6, 6.07) is 12.4. The second-order valence-electron chi connectivity index (χ2n) is 6.92. The van der Waals surface area contributed by atoms with E-state index in [0.29, 0.717) is 13.0 Å². The third kappa shape index (κ3) is 4.64. The van der Waals surface area contributed by atoms with Crippen LogP contribution in [0.2, 0.25) is 0 Å². The van der Waals surface area contributed by atoms with Crippen LogP contribution in [0.3, 0.4) is 0 Å². The zero-order valence-corrected chi connectivity index (χ0v) is 16.1. The van der Waals surface area contributed by atoms with Crippen LogP contribution < -0.4 is 5.32 Å². The Kier molecular flexibility index (Phi) is 5.65. The van der Waals surface area contributed by atoms with Crippen LogP contribution in [0.25, 0.3) is 0 Å². The molecule has 0 saturated carbocycles. The van der Waals surface area contributed by atoms with Gasteiger partial charge >= 0.3 is 0 Å². The fourth-order valence-corrected chi connectivity index (χ4v) is 4.39. The topological polar surface area (TPSA) is 50.2 Å². The second-order valence-corrected chi connectivity index (χ2v) is 7.92. The molecule has 1 amide bonds. The van der Waals surface area contributed by atoms with Gasteiger partial charge in [0.2, 0.25) is 5.91 Å². The summed E-state index contributed by atoms with van der Waals surface area (Å²) < 4.78 is 2.04. The van der Waals surface area contributed by atoms with Crippen molar-refractivity contribution in [2.45, 2.75) is 25.9 Å². The Bertz CT molecular complexity index is 886. The van der Waals surface area contributed by atoms with Crippen molar-refractivity contribution in [3.05, 3.63) is 76.0 Å². The highest BCUT2D eigenvalue weighted by Gasteiger charge is 2.17. The Morgan fingerprint density at radius 2 is 2.11 bits per heavy atom. The van der Waals surface area contributed by atoms with Crippen molar-refractivity contribution >= 4 is 17.2 Å². The maximum atomic E-state index is 12.3. The minimum absolute atomic E-state index is 0.0537. The number of amides is 1. The molecule has 5 nitrogen and oxygen atoms in total. The highest BCUT2D eigenvalue weighted by molar-refractivity contribution is 7.10. The third-order valence-corrected chi connectivity index (χ3v) is 6.00. The van der Waals surface area contributed by atoms with Crippen molar-refractivity contribution in [2.24, 2.45) is 0 Å². The Morgan fingerprint density at radius 3 is 3.00 bits per heavy atom. The lowest BCUT2D eigenvalue weighted by molar-refractivity contribution is -0.120. The molecule has 27 heavy (non-hydrogen) atoms. The first-order chi connectivity index (χ1) is 13.3. The Balaban J connectivity index is 1.24. The van der Waals surface area contributed by atoms with Gasteiger partial charge in [-0.2, -0.15) is 0 Å². The summed E-state index contributed by atoms with van der Waals surface area (Å²) in [4.78, 5) is 20.5. The summed E-state index contributed by atoms with van der Waals surface area (Å²) in [5.41, 5.74) is 3.59. The second kappa shape index (κ2) is 8.50. The number of imidazole rings is 1. The molecule has 1 aliphatic heterocycles. The molecule has 0 unspecified atom stereocenters. The quantitative estimate of drug-likeness (QED) is 0.686. The minimum Gasteiger partial charge on any atom is -0.354 e. The van der Waals surface area contributed by atoms with Gasteiger partial charge in [0.15, 0.2) is 0 Å². The van der Waals surface area contributed by atoms with Gasteiger partial charge in [0.1, 0.15) is 0 Å². The van der Waals surface area contributed by atoms with E-state index in [2.05, 4.69) is 38.8 Å². The molecule has 1 aliphatic rings. The molecule has 0 saturated heterocycles. The molecular formula is C21H24N4OS.